The van der Waals surface area contributed by atoms with Gasteiger partial charge in [0.2, 0.25) is 0 Å². The van der Waals surface area contributed by atoms with Crippen molar-refractivity contribution in [1.29, 1.82) is 0 Å². The average molecular weight is 336 g/mol. The number of carbonyl (C=O) groups is 2. The SMILES string of the molecule is CCN(Cc1ccccc1Cl)C(=O)c1c(C)coc1CC(=O)O. The number of furan rings is 1. The molecule has 1 aromatic heterocycles. The standard InChI is InChI=1S/C17H18ClNO4/c1-3-19(9-12-6-4-5-7-13(12)18)17(22)16-11(2)10-23-14(16)8-15(20)21/h4-7,10H,3,8-9H2,1-2H3,(H,20,21). The number of hydrogen-bond acceptors (Lipinski definition) is 3. The number of hydrogen-bond donors (Lipinski definition) is 1. The summed E-state index contributed by atoms with van der Waals surface area (Å²) in [5.74, 6) is -1.12. The molecule has 2 rings (SSSR count). The van der Waals surface area contributed by atoms with Crippen molar-refractivity contribution in [3.8, 4) is 0 Å². The molecule has 1 aromatic carbocycles. The zero-order chi connectivity index (χ0) is 17.0. The third-order valence-electron chi connectivity index (χ3n) is 3.56. The third-order valence-corrected chi connectivity index (χ3v) is 3.93. The molecule has 0 radical (unpaired) electrons. The highest BCUT2D eigenvalue weighted by Crippen LogP contribution is 2.22. The van der Waals surface area contributed by atoms with Gasteiger partial charge >= 0.3 is 5.97 Å². The molecule has 1 amide bonds. The van der Waals surface area contributed by atoms with Crippen molar-refractivity contribution in [2.75, 3.05) is 6.54 Å². The highest BCUT2D eigenvalue weighted by molar-refractivity contribution is 6.31. The first-order chi connectivity index (χ1) is 10.9. The lowest BCUT2D eigenvalue weighted by molar-refractivity contribution is -0.136. The van der Waals surface area contributed by atoms with Crippen molar-refractivity contribution in [3.05, 3.63) is 58.0 Å². The van der Waals surface area contributed by atoms with Crippen LogP contribution in [0, 0.1) is 6.92 Å². The molecule has 0 unspecified atom stereocenters. The molecule has 0 aliphatic heterocycles. The van der Waals surface area contributed by atoms with Gasteiger partial charge in [-0.15, -0.1) is 0 Å². The Hall–Kier alpha value is -2.27. The maximum absolute atomic E-state index is 12.8. The Morgan fingerprint density at radius 2 is 2.00 bits per heavy atom. The summed E-state index contributed by atoms with van der Waals surface area (Å²) in [7, 11) is 0. The van der Waals surface area contributed by atoms with E-state index in [1.807, 2.05) is 25.1 Å². The van der Waals surface area contributed by atoms with Crippen LogP contribution in [0.25, 0.3) is 0 Å². The Morgan fingerprint density at radius 1 is 1.30 bits per heavy atom. The van der Waals surface area contributed by atoms with Crippen molar-refractivity contribution in [2.45, 2.75) is 26.8 Å². The van der Waals surface area contributed by atoms with Crippen molar-refractivity contribution in [2.24, 2.45) is 0 Å². The van der Waals surface area contributed by atoms with Gasteiger partial charge in [0.25, 0.3) is 5.91 Å². The summed E-state index contributed by atoms with van der Waals surface area (Å²) in [6.07, 6.45) is 1.09. The molecule has 0 atom stereocenters. The Morgan fingerprint density at radius 3 is 2.61 bits per heavy atom. The van der Waals surface area contributed by atoms with E-state index in [2.05, 4.69) is 0 Å². The van der Waals surface area contributed by atoms with Crippen LogP contribution < -0.4 is 0 Å². The zero-order valence-electron chi connectivity index (χ0n) is 13.0. The van der Waals surface area contributed by atoms with Crippen LogP contribution in [0.4, 0.5) is 0 Å². The largest absolute Gasteiger partial charge is 0.481 e. The minimum atomic E-state index is -1.04. The van der Waals surface area contributed by atoms with E-state index < -0.39 is 5.97 Å². The fourth-order valence-corrected chi connectivity index (χ4v) is 2.57. The predicted molar refractivity (Wildman–Crippen MR) is 86.7 cm³/mol. The van der Waals surface area contributed by atoms with Crippen LogP contribution in [0.1, 0.15) is 34.2 Å². The van der Waals surface area contributed by atoms with Crippen LogP contribution in [0.15, 0.2) is 34.9 Å². The van der Waals surface area contributed by atoms with Crippen LogP contribution in [0.2, 0.25) is 5.02 Å². The molecule has 0 saturated heterocycles. The Bertz CT molecular complexity index is 723. The van der Waals surface area contributed by atoms with Gasteiger partial charge in [-0.3, -0.25) is 9.59 Å². The van der Waals surface area contributed by atoms with E-state index in [-0.39, 0.29) is 18.1 Å². The summed E-state index contributed by atoms with van der Waals surface area (Å²) in [6, 6.07) is 7.32. The number of rotatable bonds is 6. The smallest absolute Gasteiger partial charge is 0.311 e. The number of aryl methyl sites for hydroxylation is 1. The molecule has 23 heavy (non-hydrogen) atoms. The summed E-state index contributed by atoms with van der Waals surface area (Å²) in [4.78, 5) is 25.3. The first kappa shape index (κ1) is 17.1. The quantitative estimate of drug-likeness (QED) is 0.876. The van der Waals surface area contributed by atoms with Gasteiger partial charge in [0.1, 0.15) is 12.2 Å². The first-order valence-corrected chi connectivity index (χ1v) is 7.63. The van der Waals surface area contributed by atoms with Gasteiger partial charge in [-0.1, -0.05) is 29.8 Å². The van der Waals surface area contributed by atoms with Crippen LogP contribution >= 0.6 is 11.6 Å². The molecule has 5 nitrogen and oxygen atoms in total. The summed E-state index contributed by atoms with van der Waals surface area (Å²) in [5.41, 5.74) is 1.79. The molecule has 0 aliphatic rings. The van der Waals surface area contributed by atoms with Gasteiger partial charge in [-0.05, 0) is 25.5 Å². The molecular formula is C17H18ClNO4. The molecule has 0 saturated carbocycles. The number of carboxylic acid groups (broad SMARTS) is 1. The Labute approximate surface area is 139 Å². The molecule has 122 valence electrons. The van der Waals surface area contributed by atoms with E-state index in [0.717, 1.165) is 5.56 Å². The van der Waals surface area contributed by atoms with E-state index in [9.17, 15) is 9.59 Å². The molecule has 0 spiro atoms. The van der Waals surface area contributed by atoms with Gasteiger partial charge in [-0.2, -0.15) is 0 Å². The first-order valence-electron chi connectivity index (χ1n) is 7.25. The fourth-order valence-electron chi connectivity index (χ4n) is 2.37. The van der Waals surface area contributed by atoms with E-state index in [1.165, 1.54) is 6.26 Å². The van der Waals surface area contributed by atoms with E-state index in [1.54, 1.807) is 17.9 Å². The van der Waals surface area contributed by atoms with Gasteiger partial charge in [-0.25, -0.2) is 0 Å². The summed E-state index contributed by atoms with van der Waals surface area (Å²) in [5, 5.41) is 9.54. The zero-order valence-corrected chi connectivity index (χ0v) is 13.8. The lowest BCUT2D eigenvalue weighted by Crippen LogP contribution is -2.31. The lowest BCUT2D eigenvalue weighted by Gasteiger charge is -2.22. The Kier molecular flexibility index (Phi) is 5.45. The number of benzene rings is 1. The number of aliphatic carboxylic acids is 1. The molecule has 0 fully saturated rings. The van der Waals surface area contributed by atoms with Crippen molar-refractivity contribution in [1.82, 2.24) is 4.90 Å². The summed E-state index contributed by atoms with van der Waals surface area (Å²) < 4.78 is 5.24. The number of carbonyl (C=O) groups excluding carboxylic acids is 1. The second kappa shape index (κ2) is 7.33. The topological polar surface area (TPSA) is 70.8 Å². The van der Waals surface area contributed by atoms with Gasteiger partial charge in [0, 0.05) is 23.7 Å². The summed E-state index contributed by atoms with van der Waals surface area (Å²) >= 11 is 6.15. The molecule has 0 aliphatic carbocycles. The highest BCUT2D eigenvalue weighted by Gasteiger charge is 2.24. The number of amides is 1. The number of nitrogens with zero attached hydrogens (tertiary/aromatic N) is 1. The fraction of sp³-hybridized carbons (Fsp3) is 0.294. The van der Waals surface area contributed by atoms with E-state index >= 15 is 0 Å². The number of halogens is 1. The predicted octanol–water partition coefficient (Wildman–Crippen LogP) is 3.53. The molecule has 1 heterocycles. The van der Waals surface area contributed by atoms with E-state index in [4.69, 9.17) is 21.1 Å². The summed E-state index contributed by atoms with van der Waals surface area (Å²) in [6.45, 7) is 4.42. The van der Waals surface area contributed by atoms with Crippen molar-refractivity contribution in [3.63, 3.8) is 0 Å². The Balaban J connectivity index is 2.29. The van der Waals surface area contributed by atoms with Gasteiger partial charge in [0.05, 0.1) is 11.8 Å². The maximum Gasteiger partial charge on any atom is 0.311 e. The van der Waals surface area contributed by atoms with Crippen molar-refractivity contribution < 1.29 is 19.1 Å². The average Bonchev–Trinajstić information content (AvgIpc) is 2.85. The van der Waals surface area contributed by atoms with Crippen LogP contribution in [-0.2, 0) is 17.8 Å². The highest BCUT2D eigenvalue weighted by atomic mass is 35.5. The molecule has 1 N–H and O–H groups in total. The third kappa shape index (κ3) is 3.93. The van der Waals surface area contributed by atoms with E-state index in [0.29, 0.717) is 29.2 Å². The molecule has 0 bridgehead atoms. The second-order valence-corrected chi connectivity index (χ2v) is 5.61. The van der Waals surface area contributed by atoms with Crippen LogP contribution in [0.5, 0.6) is 0 Å². The lowest BCUT2D eigenvalue weighted by atomic mass is 10.1. The van der Waals surface area contributed by atoms with Crippen molar-refractivity contribution >= 4 is 23.5 Å². The normalized spacial score (nSPS) is 10.6. The minimum Gasteiger partial charge on any atom is -0.481 e. The minimum absolute atomic E-state index is 0.178. The molecule has 2 aromatic rings. The van der Waals surface area contributed by atoms with Gasteiger partial charge < -0.3 is 14.4 Å². The molecule has 6 heteroatoms. The van der Waals surface area contributed by atoms with Gasteiger partial charge in [0.15, 0.2) is 0 Å². The monoisotopic (exact) mass is 335 g/mol. The molecular weight excluding hydrogens is 318 g/mol. The van der Waals surface area contributed by atoms with Crippen LogP contribution in [-0.4, -0.2) is 28.4 Å². The maximum atomic E-state index is 12.8. The number of carboxylic acids is 1. The second-order valence-electron chi connectivity index (χ2n) is 5.20. The van der Waals surface area contributed by atoms with Crippen LogP contribution in [0.3, 0.4) is 0 Å².